The molecule has 2 aliphatic rings. The zero-order valence-corrected chi connectivity index (χ0v) is 16.6. The maximum absolute atomic E-state index is 13.5. The van der Waals surface area contributed by atoms with Crippen molar-refractivity contribution in [1.82, 2.24) is 10.2 Å². The van der Waals surface area contributed by atoms with Crippen LogP contribution in [-0.2, 0) is 9.47 Å². The van der Waals surface area contributed by atoms with E-state index in [-0.39, 0.29) is 30.0 Å². The second-order valence-electron chi connectivity index (χ2n) is 7.84. The largest absolute Gasteiger partial charge is 0.453 e. The van der Waals surface area contributed by atoms with E-state index in [9.17, 15) is 13.6 Å². The van der Waals surface area contributed by atoms with E-state index in [2.05, 4.69) is 5.32 Å². The van der Waals surface area contributed by atoms with Gasteiger partial charge < -0.3 is 9.47 Å². The minimum absolute atomic E-state index is 0.0335. The molecule has 1 aromatic rings. The fraction of sp³-hybridized carbons (Fsp3) is 0.667. The number of methoxy groups -OCH3 is 1. The number of carbonyl (C=O) groups excluding carboxylic acids is 1. The average Bonchev–Trinajstić information content (AvgIpc) is 3.01. The van der Waals surface area contributed by atoms with Gasteiger partial charge in [0.15, 0.2) is 0 Å². The minimum atomic E-state index is -0.637. The van der Waals surface area contributed by atoms with Crippen LogP contribution in [0.1, 0.15) is 50.5 Å². The van der Waals surface area contributed by atoms with Gasteiger partial charge in [0.1, 0.15) is 12.6 Å². The highest BCUT2D eigenvalue weighted by molar-refractivity contribution is 5.69. The van der Waals surface area contributed by atoms with Gasteiger partial charge in [-0.2, -0.15) is 0 Å². The van der Waals surface area contributed by atoms with Gasteiger partial charge in [-0.3, -0.25) is 10.2 Å². The molecule has 0 bridgehead atoms. The first-order valence-corrected chi connectivity index (χ1v) is 10.1. The first-order valence-electron chi connectivity index (χ1n) is 10.1. The lowest BCUT2D eigenvalue weighted by Crippen LogP contribution is -2.49. The lowest BCUT2D eigenvalue weighted by atomic mass is 9.82. The Bertz CT molecular complexity index is 652. The summed E-state index contributed by atoms with van der Waals surface area (Å²) in [5.74, 6) is 0.162. The lowest BCUT2D eigenvalue weighted by Gasteiger charge is -2.33. The van der Waals surface area contributed by atoms with Crippen LogP contribution in [0.2, 0.25) is 0 Å². The summed E-state index contributed by atoms with van der Waals surface area (Å²) in [6, 6.07) is 6.39. The van der Waals surface area contributed by atoms with Crippen molar-refractivity contribution in [3.8, 4) is 0 Å². The Morgan fingerprint density at radius 3 is 2.68 bits per heavy atom. The zero-order valence-electron chi connectivity index (χ0n) is 16.6. The molecular formula is C21H30F2N2O3. The third-order valence-electron chi connectivity index (χ3n) is 6.11. The molecule has 5 nitrogen and oxygen atoms in total. The maximum atomic E-state index is 13.5. The van der Waals surface area contributed by atoms with E-state index in [1.165, 1.54) is 13.2 Å². The molecule has 1 saturated carbocycles. The van der Waals surface area contributed by atoms with E-state index >= 15 is 0 Å². The minimum Gasteiger partial charge on any atom is -0.453 e. The lowest BCUT2D eigenvalue weighted by molar-refractivity contribution is -0.0101. The second-order valence-corrected chi connectivity index (χ2v) is 7.84. The normalized spacial score (nSPS) is 30.4. The van der Waals surface area contributed by atoms with Gasteiger partial charge in [-0.25, -0.2) is 13.6 Å². The first kappa shape index (κ1) is 21.0. The van der Waals surface area contributed by atoms with Gasteiger partial charge in [-0.05, 0) is 62.6 Å². The number of ether oxygens (including phenoxy) is 2. The Morgan fingerprint density at radius 2 is 2.04 bits per heavy atom. The summed E-state index contributed by atoms with van der Waals surface area (Å²) in [5, 5.41) is 2.82. The summed E-state index contributed by atoms with van der Waals surface area (Å²) < 4.78 is 37.4. The van der Waals surface area contributed by atoms with Gasteiger partial charge in [-0.15, -0.1) is 0 Å². The number of hydrogen-bond acceptors (Lipinski definition) is 4. The van der Waals surface area contributed by atoms with E-state index in [0.717, 1.165) is 31.2 Å². The SMILES string of the molecule is COC(=O)N1[C@H](C)C[C@H](NCF)[C@@H]1COC1CCC(c2cccc(F)c2)CC1. The Hall–Kier alpha value is -1.73. The van der Waals surface area contributed by atoms with Crippen LogP contribution in [0.3, 0.4) is 0 Å². The van der Waals surface area contributed by atoms with Crippen LogP contribution < -0.4 is 5.32 Å². The van der Waals surface area contributed by atoms with E-state index in [1.807, 2.05) is 13.0 Å². The molecule has 1 aliphatic carbocycles. The molecule has 3 atom stereocenters. The van der Waals surface area contributed by atoms with Crippen molar-refractivity contribution in [3.05, 3.63) is 35.6 Å². The fourth-order valence-corrected chi connectivity index (χ4v) is 4.65. The molecule has 0 unspecified atom stereocenters. The molecule has 1 aliphatic heterocycles. The van der Waals surface area contributed by atoms with Crippen LogP contribution in [0.15, 0.2) is 24.3 Å². The van der Waals surface area contributed by atoms with Crippen molar-refractivity contribution >= 4 is 6.09 Å². The molecule has 2 fully saturated rings. The summed E-state index contributed by atoms with van der Waals surface area (Å²) in [6.45, 7) is 1.65. The zero-order chi connectivity index (χ0) is 20.1. The predicted molar refractivity (Wildman–Crippen MR) is 102 cm³/mol. The van der Waals surface area contributed by atoms with Crippen molar-refractivity contribution in [2.45, 2.75) is 69.2 Å². The third-order valence-corrected chi connectivity index (χ3v) is 6.11. The van der Waals surface area contributed by atoms with Gasteiger partial charge in [0.05, 0.1) is 25.9 Å². The number of carbonyl (C=O) groups is 1. The summed E-state index contributed by atoms with van der Waals surface area (Å²) in [5.41, 5.74) is 1.05. The standard InChI is InChI=1S/C21H30F2N2O3/c1-14-10-19(24-13-22)20(25(14)21(26)27-2)12-28-18-8-6-15(7-9-18)16-4-3-5-17(23)11-16/h3-5,11,14-15,18-20,24H,6-10,12-13H2,1-2H3/t14-,15?,18?,19+,20+/m1/s1. The molecule has 0 radical (unpaired) electrons. The van der Waals surface area contributed by atoms with Gasteiger partial charge >= 0.3 is 6.09 Å². The third kappa shape index (κ3) is 4.81. The van der Waals surface area contributed by atoms with Gasteiger partial charge in [0.25, 0.3) is 0 Å². The van der Waals surface area contributed by atoms with Crippen molar-refractivity contribution in [1.29, 1.82) is 0 Å². The Morgan fingerprint density at radius 1 is 1.29 bits per heavy atom. The summed E-state index contributed by atoms with van der Waals surface area (Å²) in [6.07, 6.45) is 4.04. The number of rotatable bonds is 6. The highest BCUT2D eigenvalue weighted by atomic mass is 19.1. The molecule has 1 aromatic carbocycles. The summed E-state index contributed by atoms with van der Waals surface area (Å²) in [4.78, 5) is 13.8. The number of halogens is 2. The smallest absolute Gasteiger partial charge is 0.410 e. The van der Waals surface area contributed by atoms with Crippen molar-refractivity contribution in [3.63, 3.8) is 0 Å². The monoisotopic (exact) mass is 396 g/mol. The number of alkyl halides is 1. The molecular weight excluding hydrogens is 366 g/mol. The van der Waals surface area contributed by atoms with Crippen LogP contribution in [-0.4, -0.2) is 55.7 Å². The van der Waals surface area contributed by atoms with Gasteiger partial charge in [0, 0.05) is 12.1 Å². The summed E-state index contributed by atoms with van der Waals surface area (Å²) in [7, 11) is 1.36. The van der Waals surface area contributed by atoms with E-state index in [4.69, 9.17) is 9.47 Å². The topological polar surface area (TPSA) is 50.8 Å². The van der Waals surface area contributed by atoms with Gasteiger partial charge in [0.2, 0.25) is 0 Å². The highest BCUT2D eigenvalue weighted by Gasteiger charge is 2.42. The van der Waals surface area contributed by atoms with Crippen molar-refractivity contribution < 1.29 is 23.0 Å². The number of benzene rings is 1. The number of amides is 1. The molecule has 1 heterocycles. The van der Waals surface area contributed by atoms with Crippen LogP contribution in [0.25, 0.3) is 0 Å². The van der Waals surface area contributed by atoms with Crippen LogP contribution in [0.5, 0.6) is 0 Å². The van der Waals surface area contributed by atoms with E-state index in [1.54, 1.807) is 17.0 Å². The molecule has 1 saturated heterocycles. The number of nitrogens with zero attached hydrogens (tertiary/aromatic N) is 1. The molecule has 28 heavy (non-hydrogen) atoms. The maximum Gasteiger partial charge on any atom is 0.410 e. The van der Waals surface area contributed by atoms with Crippen molar-refractivity contribution in [2.75, 3.05) is 20.5 Å². The quantitative estimate of drug-likeness (QED) is 0.739. The van der Waals surface area contributed by atoms with Crippen LogP contribution >= 0.6 is 0 Å². The Labute approximate surface area is 165 Å². The van der Waals surface area contributed by atoms with E-state index < -0.39 is 12.9 Å². The number of nitrogens with one attached hydrogen (secondary N) is 1. The molecule has 7 heteroatoms. The Balaban J connectivity index is 1.54. The Kier molecular flexibility index (Phi) is 7.24. The van der Waals surface area contributed by atoms with Gasteiger partial charge in [-0.1, -0.05) is 12.1 Å². The molecule has 0 aromatic heterocycles. The molecule has 156 valence electrons. The molecule has 1 N–H and O–H groups in total. The number of hydrogen-bond donors (Lipinski definition) is 1. The second kappa shape index (κ2) is 9.65. The highest BCUT2D eigenvalue weighted by Crippen LogP contribution is 2.35. The molecule has 3 rings (SSSR count). The fourth-order valence-electron chi connectivity index (χ4n) is 4.65. The van der Waals surface area contributed by atoms with Crippen LogP contribution in [0, 0.1) is 5.82 Å². The molecule has 1 amide bonds. The van der Waals surface area contributed by atoms with Crippen LogP contribution in [0.4, 0.5) is 13.6 Å². The average molecular weight is 396 g/mol. The predicted octanol–water partition coefficient (Wildman–Crippen LogP) is 3.98. The number of likely N-dealkylation sites (tertiary alicyclic amines) is 1. The van der Waals surface area contributed by atoms with E-state index in [0.29, 0.717) is 18.9 Å². The van der Waals surface area contributed by atoms with Crippen molar-refractivity contribution in [2.24, 2.45) is 0 Å². The molecule has 0 spiro atoms. The first-order chi connectivity index (χ1) is 13.5. The summed E-state index contributed by atoms with van der Waals surface area (Å²) >= 11 is 0.